The van der Waals surface area contributed by atoms with Gasteiger partial charge in [-0.05, 0) is 42.7 Å². The van der Waals surface area contributed by atoms with Crippen LogP contribution in [-0.4, -0.2) is 11.3 Å². The SMILES string of the molecule is CCCCCc1ccc(-c2ccc3cc(C=O)ccc3n2)cc1. The molecule has 0 bridgehead atoms. The fourth-order valence-corrected chi connectivity index (χ4v) is 2.80. The Morgan fingerprint density at radius 2 is 1.78 bits per heavy atom. The van der Waals surface area contributed by atoms with Crippen molar-refractivity contribution >= 4 is 17.2 Å². The number of pyridine rings is 1. The van der Waals surface area contributed by atoms with Gasteiger partial charge in [-0.3, -0.25) is 4.79 Å². The summed E-state index contributed by atoms with van der Waals surface area (Å²) in [4.78, 5) is 15.6. The Hall–Kier alpha value is -2.48. The first kappa shape index (κ1) is 15.4. The van der Waals surface area contributed by atoms with Crippen LogP contribution in [0.4, 0.5) is 0 Å². The average Bonchev–Trinajstić information content (AvgIpc) is 2.61. The van der Waals surface area contributed by atoms with Crippen LogP contribution in [0.1, 0.15) is 42.1 Å². The lowest BCUT2D eigenvalue weighted by molar-refractivity contribution is 0.112. The number of fused-ring (bicyclic) bond motifs is 1. The van der Waals surface area contributed by atoms with Gasteiger partial charge in [-0.2, -0.15) is 0 Å². The predicted octanol–water partition coefficient (Wildman–Crippen LogP) is 5.45. The molecule has 0 unspecified atom stereocenters. The van der Waals surface area contributed by atoms with E-state index in [-0.39, 0.29) is 0 Å². The Kier molecular flexibility index (Phi) is 4.82. The van der Waals surface area contributed by atoms with Crippen LogP contribution in [-0.2, 0) is 6.42 Å². The number of carbonyl (C=O) groups is 1. The summed E-state index contributed by atoms with van der Waals surface area (Å²) in [6.07, 6.45) is 5.81. The van der Waals surface area contributed by atoms with Crippen LogP contribution in [0.2, 0.25) is 0 Å². The highest BCUT2D eigenvalue weighted by molar-refractivity contribution is 5.88. The van der Waals surface area contributed by atoms with Gasteiger partial charge in [0.1, 0.15) is 6.29 Å². The van der Waals surface area contributed by atoms with Crippen molar-refractivity contribution in [3.63, 3.8) is 0 Å². The molecule has 0 radical (unpaired) electrons. The maximum atomic E-state index is 10.8. The van der Waals surface area contributed by atoms with Gasteiger partial charge in [0.2, 0.25) is 0 Å². The first-order chi connectivity index (χ1) is 11.3. The maximum absolute atomic E-state index is 10.8. The lowest BCUT2D eigenvalue weighted by atomic mass is 10.0. The molecular formula is C21H21NO. The van der Waals surface area contributed by atoms with Crippen molar-refractivity contribution in [2.45, 2.75) is 32.6 Å². The van der Waals surface area contributed by atoms with Gasteiger partial charge >= 0.3 is 0 Å². The number of unbranched alkanes of at least 4 members (excludes halogenated alkanes) is 2. The van der Waals surface area contributed by atoms with Gasteiger partial charge in [0.15, 0.2) is 0 Å². The van der Waals surface area contributed by atoms with E-state index in [1.807, 2.05) is 30.3 Å². The molecule has 0 aliphatic heterocycles. The normalized spacial score (nSPS) is 10.8. The fourth-order valence-electron chi connectivity index (χ4n) is 2.80. The number of hydrogen-bond acceptors (Lipinski definition) is 2. The Morgan fingerprint density at radius 1 is 0.957 bits per heavy atom. The van der Waals surface area contributed by atoms with E-state index in [4.69, 9.17) is 4.98 Å². The number of hydrogen-bond donors (Lipinski definition) is 0. The lowest BCUT2D eigenvalue weighted by Crippen LogP contribution is -1.89. The summed E-state index contributed by atoms with van der Waals surface area (Å²) < 4.78 is 0. The Balaban J connectivity index is 1.83. The number of benzene rings is 2. The van der Waals surface area contributed by atoms with Crippen LogP contribution in [0.15, 0.2) is 54.6 Å². The summed E-state index contributed by atoms with van der Waals surface area (Å²) in [5, 5.41) is 0.995. The smallest absolute Gasteiger partial charge is 0.150 e. The van der Waals surface area contributed by atoms with E-state index in [9.17, 15) is 4.79 Å². The third-order valence-electron chi connectivity index (χ3n) is 4.17. The number of aryl methyl sites for hydroxylation is 1. The summed E-state index contributed by atoms with van der Waals surface area (Å²) in [5.41, 5.74) is 5.09. The zero-order chi connectivity index (χ0) is 16.1. The molecule has 2 nitrogen and oxygen atoms in total. The predicted molar refractivity (Wildman–Crippen MR) is 95.8 cm³/mol. The number of nitrogens with zero attached hydrogens (tertiary/aromatic N) is 1. The number of carbonyl (C=O) groups excluding carboxylic acids is 1. The highest BCUT2D eigenvalue weighted by atomic mass is 16.1. The Morgan fingerprint density at radius 3 is 2.52 bits per heavy atom. The Labute approximate surface area is 137 Å². The second kappa shape index (κ2) is 7.19. The first-order valence-electron chi connectivity index (χ1n) is 8.25. The van der Waals surface area contributed by atoms with E-state index in [0.29, 0.717) is 5.56 Å². The van der Waals surface area contributed by atoms with Crippen molar-refractivity contribution in [1.82, 2.24) is 4.98 Å². The molecule has 0 saturated heterocycles. The molecule has 1 heterocycles. The summed E-state index contributed by atoms with van der Waals surface area (Å²) in [6, 6.07) is 18.3. The van der Waals surface area contributed by atoms with E-state index in [0.717, 1.165) is 34.9 Å². The molecule has 0 N–H and O–H groups in total. The number of aromatic nitrogens is 1. The fraction of sp³-hybridized carbons (Fsp3) is 0.238. The molecule has 3 aromatic rings. The molecule has 23 heavy (non-hydrogen) atoms. The van der Waals surface area contributed by atoms with E-state index < -0.39 is 0 Å². The molecule has 0 atom stereocenters. The highest BCUT2D eigenvalue weighted by Gasteiger charge is 2.03. The van der Waals surface area contributed by atoms with Gasteiger partial charge in [-0.15, -0.1) is 0 Å². The molecule has 0 spiro atoms. The highest BCUT2D eigenvalue weighted by Crippen LogP contribution is 2.22. The van der Waals surface area contributed by atoms with E-state index in [1.165, 1.54) is 24.8 Å². The topological polar surface area (TPSA) is 30.0 Å². The van der Waals surface area contributed by atoms with Crippen molar-refractivity contribution in [3.8, 4) is 11.3 Å². The van der Waals surface area contributed by atoms with Gasteiger partial charge in [-0.25, -0.2) is 4.98 Å². The number of aldehydes is 1. The summed E-state index contributed by atoms with van der Waals surface area (Å²) in [6.45, 7) is 2.23. The molecule has 116 valence electrons. The zero-order valence-electron chi connectivity index (χ0n) is 13.5. The van der Waals surface area contributed by atoms with Crippen LogP contribution >= 0.6 is 0 Å². The molecule has 0 saturated carbocycles. The van der Waals surface area contributed by atoms with Gasteiger partial charge in [-0.1, -0.05) is 50.1 Å². The third-order valence-corrected chi connectivity index (χ3v) is 4.17. The Bertz CT molecular complexity index is 806. The second-order valence-corrected chi connectivity index (χ2v) is 5.92. The van der Waals surface area contributed by atoms with Gasteiger partial charge in [0.05, 0.1) is 11.2 Å². The van der Waals surface area contributed by atoms with Gasteiger partial charge in [0.25, 0.3) is 0 Å². The van der Waals surface area contributed by atoms with Crippen molar-refractivity contribution in [2.24, 2.45) is 0 Å². The molecule has 0 amide bonds. The monoisotopic (exact) mass is 303 g/mol. The molecule has 2 aromatic carbocycles. The largest absolute Gasteiger partial charge is 0.298 e. The summed E-state index contributed by atoms with van der Waals surface area (Å²) >= 11 is 0. The van der Waals surface area contributed by atoms with E-state index >= 15 is 0 Å². The van der Waals surface area contributed by atoms with Crippen LogP contribution in [0, 0.1) is 0 Å². The molecule has 3 rings (SSSR count). The standard InChI is InChI=1S/C21H21NO/c1-2-3-4-5-16-6-9-18(10-7-16)20-13-11-19-14-17(15-23)8-12-21(19)22-20/h6-15H,2-5H2,1H3. The van der Waals surface area contributed by atoms with Crippen LogP contribution in [0.3, 0.4) is 0 Å². The molecule has 1 aromatic heterocycles. The van der Waals surface area contributed by atoms with Crippen molar-refractivity contribution in [1.29, 1.82) is 0 Å². The summed E-state index contributed by atoms with van der Waals surface area (Å²) in [5.74, 6) is 0. The van der Waals surface area contributed by atoms with Crippen molar-refractivity contribution in [2.75, 3.05) is 0 Å². The zero-order valence-corrected chi connectivity index (χ0v) is 13.5. The first-order valence-corrected chi connectivity index (χ1v) is 8.25. The second-order valence-electron chi connectivity index (χ2n) is 5.92. The molecular weight excluding hydrogens is 282 g/mol. The maximum Gasteiger partial charge on any atom is 0.150 e. The average molecular weight is 303 g/mol. The lowest BCUT2D eigenvalue weighted by Gasteiger charge is -2.06. The van der Waals surface area contributed by atoms with Crippen molar-refractivity contribution < 1.29 is 4.79 Å². The minimum Gasteiger partial charge on any atom is -0.298 e. The van der Waals surface area contributed by atoms with Crippen LogP contribution in [0.25, 0.3) is 22.2 Å². The quantitative estimate of drug-likeness (QED) is 0.448. The minimum atomic E-state index is 0.684. The van der Waals surface area contributed by atoms with Crippen LogP contribution < -0.4 is 0 Å². The minimum absolute atomic E-state index is 0.684. The number of rotatable bonds is 6. The van der Waals surface area contributed by atoms with Crippen LogP contribution in [0.5, 0.6) is 0 Å². The molecule has 0 aliphatic rings. The molecule has 2 heteroatoms. The van der Waals surface area contributed by atoms with Gasteiger partial charge in [0, 0.05) is 16.5 Å². The van der Waals surface area contributed by atoms with Crippen molar-refractivity contribution in [3.05, 3.63) is 65.7 Å². The van der Waals surface area contributed by atoms with E-state index in [2.05, 4.69) is 31.2 Å². The molecule has 0 aliphatic carbocycles. The van der Waals surface area contributed by atoms with Gasteiger partial charge < -0.3 is 0 Å². The molecule has 0 fully saturated rings. The summed E-state index contributed by atoms with van der Waals surface area (Å²) in [7, 11) is 0. The van der Waals surface area contributed by atoms with E-state index in [1.54, 1.807) is 0 Å². The third kappa shape index (κ3) is 3.65.